The Morgan fingerprint density at radius 1 is 1.25 bits per heavy atom. The molecule has 0 spiro atoms. The van der Waals surface area contributed by atoms with Crippen LogP contribution in [0.2, 0.25) is 5.02 Å². The maximum absolute atomic E-state index is 11.3. The van der Waals surface area contributed by atoms with E-state index in [1.807, 2.05) is 6.07 Å². The Hall–Kier alpha value is -3.12. The average molecular weight is 343 g/mol. The van der Waals surface area contributed by atoms with E-state index in [2.05, 4.69) is 10.3 Å². The number of aromatic nitrogens is 1. The predicted octanol–water partition coefficient (Wildman–Crippen LogP) is 3.83. The van der Waals surface area contributed by atoms with Gasteiger partial charge in [0, 0.05) is 11.9 Å². The molecule has 0 amide bonds. The van der Waals surface area contributed by atoms with Crippen molar-refractivity contribution in [1.29, 1.82) is 0 Å². The number of nitrogens with one attached hydrogen (secondary N) is 1. The summed E-state index contributed by atoms with van der Waals surface area (Å²) in [5.74, 6) is -0.965. The van der Waals surface area contributed by atoms with Crippen molar-refractivity contribution < 1.29 is 19.1 Å². The van der Waals surface area contributed by atoms with Crippen LogP contribution in [0.1, 0.15) is 16.2 Å². The van der Waals surface area contributed by atoms with Gasteiger partial charge in [-0.1, -0.05) is 23.7 Å². The molecule has 0 unspecified atom stereocenters. The molecular formula is C17H11ClN2O4. The number of oxazole rings is 1. The number of rotatable bonds is 5. The van der Waals surface area contributed by atoms with Crippen LogP contribution in [0.25, 0.3) is 16.7 Å². The van der Waals surface area contributed by atoms with Crippen LogP contribution in [-0.4, -0.2) is 22.3 Å². The van der Waals surface area contributed by atoms with Gasteiger partial charge in [0.15, 0.2) is 11.9 Å². The molecule has 3 aromatic rings. The van der Waals surface area contributed by atoms with Gasteiger partial charge in [0.25, 0.3) is 0 Å². The van der Waals surface area contributed by atoms with Crippen LogP contribution >= 0.6 is 11.6 Å². The zero-order chi connectivity index (χ0) is 17.1. The van der Waals surface area contributed by atoms with Crippen molar-refractivity contribution in [2.75, 3.05) is 5.32 Å². The van der Waals surface area contributed by atoms with E-state index in [0.29, 0.717) is 23.1 Å². The van der Waals surface area contributed by atoms with Crippen molar-refractivity contribution in [3.8, 4) is 0 Å². The highest BCUT2D eigenvalue weighted by Gasteiger charge is 2.11. The summed E-state index contributed by atoms with van der Waals surface area (Å²) in [6.45, 7) is 0. The Morgan fingerprint density at radius 3 is 2.75 bits per heavy atom. The Balaban J connectivity index is 1.90. The summed E-state index contributed by atoms with van der Waals surface area (Å²) in [7, 11) is 0. The van der Waals surface area contributed by atoms with Crippen molar-refractivity contribution in [3.05, 3.63) is 65.1 Å². The Morgan fingerprint density at radius 2 is 2.04 bits per heavy atom. The van der Waals surface area contributed by atoms with Gasteiger partial charge in [-0.15, -0.1) is 0 Å². The van der Waals surface area contributed by atoms with Crippen LogP contribution in [0.3, 0.4) is 0 Å². The fourth-order valence-electron chi connectivity index (χ4n) is 2.08. The van der Waals surface area contributed by atoms with E-state index < -0.39 is 5.97 Å². The zero-order valence-electron chi connectivity index (χ0n) is 12.2. The summed E-state index contributed by atoms with van der Waals surface area (Å²) in [6, 6.07) is 11.6. The zero-order valence-corrected chi connectivity index (χ0v) is 12.9. The van der Waals surface area contributed by atoms with Crippen molar-refractivity contribution in [2.45, 2.75) is 0 Å². The van der Waals surface area contributed by atoms with Crippen LogP contribution in [0.5, 0.6) is 0 Å². The first kappa shape index (κ1) is 15.8. The minimum absolute atomic E-state index is 0.0374. The molecule has 0 fully saturated rings. The third-order valence-electron chi connectivity index (χ3n) is 3.26. The molecule has 0 saturated carbocycles. The summed E-state index contributed by atoms with van der Waals surface area (Å²) in [5.41, 5.74) is 1.83. The topological polar surface area (TPSA) is 92.4 Å². The second-order valence-electron chi connectivity index (χ2n) is 4.85. The maximum Gasteiger partial charge on any atom is 0.337 e. The number of carbonyl (C=O) groups is 2. The van der Waals surface area contributed by atoms with E-state index in [1.54, 1.807) is 24.3 Å². The molecule has 0 aliphatic carbocycles. The number of halogens is 1. The highest BCUT2D eigenvalue weighted by atomic mass is 35.5. The van der Waals surface area contributed by atoms with Crippen LogP contribution in [0.4, 0.5) is 5.69 Å². The number of carbonyl (C=O) groups excluding carboxylic acids is 1. The summed E-state index contributed by atoms with van der Waals surface area (Å²) in [6.07, 6.45) is 2.00. The van der Waals surface area contributed by atoms with Gasteiger partial charge >= 0.3 is 5.97 Å². The summed E-state index contributed by atoms with van der Waals surface area (Å²) in [4.78, 5) is 26.6. The van der Waals surface area contributed by atoms with Gasteiger partial charge in [-0.2, -0.15) is 0 Å². The molecule has 0 atom stereocenters. The largest absolute Gasteiger partial charge is 0.478 e. The molecule has 1 aromatic heterocycles. The number of aromatic carboxylic acids is 1. The number of allylic oxidation sites excluding steroid dienone is 1. The lowest BCUT2D eigenvalue weighted by Crippen LogP contribution is -1.99. The minimum atomic E-state index is -1.14. The molecule has 0 saturated heterocycles. The average Bonchev–Trinajstić information content (AvgIpc) is 3.00. The van der Waals surface area contributed by atoms with Crippen LogP contribution in [0, 0.1) is 0 Å². The molecule has 3 rings (SSSR count). The normalized spacial score (nSPS) is 11.5. The van der Waals surface area contributed by atoms with Gasteiger partial charge in [-0.25, -0.2) is 9.78 Å². The van der Waals surface area contributed by atoms with Crippen LogP contribution < -0.4 is 5.32 Å². The molecule has 0 aliphatic heterocycles. The molecule has 1 heterocycles. The first-order valence-electron chi connectivity index (χ1n) is 6.89. The fourth-order valence-corrected chi connectivity index (χ4v) is 2.28. The van der Waals surface area contributed by atoms with Crippen molar-refractivity contribution in [1.82, 2.24) is 4.98 Å². The minimum Gasteiger partial charge on any atom is -0.478 e. The lowest BCUT2D eigenvalue weighted by molar-refractivity contribution is -0.103. The number of para-hydroxylation sites is 2. The Kier molecular flexibility index (Phi) is 4.31. The number of anilines is 1. The number of carboxylic acids is 1. The lowest BCUT2D eigenvalue weighted by atomic mass is 10.2. The Bertz CT molecular complexity index is 929. The second-order valence-corrected chi connectivity index (χ2v) is 5.26. The van der Waals surface area contributed by atoms with Crippen molar-refractivity contribution >= 4 is 46.2 Å². The van der Waals surface area contributed by atoms with Gasteiger partial charge in [0.2, 0.25) is 5.89 Å². The monoisotopic (exact) mass is 342 g/mol. The molecule has 0 bridgehead atoms. The molecule has 24 heavy (non-hydrogen) atoms. The highest BCUT2D eigenvalue weighted by molar-refractivity contribution is 6.33. The number of fused-ring (bicyclic) bond motifs is 1. The summed E-state index contributed by atoms with van der Waals surface area (Å²) >= 11 is 5.82. The first-order chi connectivity index (χ1) is 11.6. The number of aldehydes is 1. The summed E-state index contributed by atoms with van der Waals surface area (Å²) < 4.78 is 5.52. The molecule has 0 radical (unpaired) electrons. The number of benzene rings is 2. The van der Waals surface area contributed by atoms with E-state index in [1.165, 1.54) is 18.3 Å². The second kappa shape index (κ2) is 6.55. The fraction of sp³-hybridized carbons (Fsp3) is 0. The van der Waals surface area contributed by atoms with E-state index in [-0.39, 0.29) is 22.0 Å². The molecular weight excluding hydrogens is 332 g/mol. The quantitative estimate of drug-likeness (QED) is 0.540. The molecule has 2 aromatic carbocycles. The summed E-state index contributed by atoms with van der Waals surface area (Å²) in [5, 5.41) is 12.0. The maximum atomic E-state index is 11.3. The highest BCUT2D eigenvalue weighted by Crippen LogP contribution is 2.22. The molecule has 6 nitrogen and oxygen atoms in total. The smallest absolute Gasteiger partial charge is 0.337 e. The SMILES string of the molecule is O=CC(=CNc1ccc(Cl)c(C(=O)O)c1)c1nc2ccccc2o1. The molecule has 0 aliphatic rings. The molecule has 7 heteroatoms. The van der Waals surface area contributed by atoms with E-state index >= 15 is 0 Å². The molecule has 120 valence electrons. The molecule has 2 N–H and O–H groups in total. The van der Waals surface area contributed by atoms with Gasteiger partial charge in [0.1, 0.15) is 5.52 Å². The predicted molar refractivity (Wildman–Crippen MR) is 90.1 cm³/mol. The van der Waals surface area contributed by atoms with Gasteiger partial charge in [-0.05, 0) is 30.3 Å². The van der Waals surface area contributed by atoms with E-state index in [9.17, 15) is 9.59 Å². The van der Waals surface area contributed by atoms with Gasteiger partial charge < -0.3 is 14.8 Å². The third-order valence-corrected chi connectivity index (χ3v) is 3.59. The van der Waals surface area contributed by atoms with Crippen LogP contribution in [-0.2, 0) is 4.79 Å². The first-order valence-corrected chi connectivity index (χ1v) is 7.27. The van der Waals surface area contributed by atoms with E-state index in [4.69, 9.17) is 21.1 Å². The number of carboxylic acid groups (broad SMARTS) is 1. The number of hydrogen-bond acceptors (Lipinski definition) is 5. The lowest BCUT2D eigenvalue weighted by Gasteiger charge is -2.04. The van der Waals surface area contributed by atoms with E-state index in [0.717, 1.165) is 0 Å². The van der Waals surface area contributed by atoms with Crippen molar-refractivity contribution in [2.24, 2.45) is 0 Å². The standard InChI is InChI=1S/C17H11ClN2O4/c18-13-6-5-11(7-12(13)17(22)23)19-8-10(9-21)16-20-14-3-1-2-4-15(14)24-16/h1-9,19H,(H,22,23). The number of hydrogen-bond donors (Lipinski definition) is 2. The van der Waals surface area contributed by atoms with Crippen LogP contribution in [0.15, 0.2) is 53.1 Å². The third kappa shape index (κ3) is 3.13. The van der Waals surface area contributed by atoms with Gasteiger partial charge in [-0.3, -0.25) is 4.79 Å². The van der Waals surface area contributed by atoms with Crippen molar-refractivity contribution in [3.63, 3.8) is 0 Å². The van der Waals surface area contributed by atoms with Gasteiger partial charge in [0.05, 0.1) is 16.2 Å². The number of nitrogens with zero attached hydrogens (tertiary/aromatic N) is 1. The Labute approximate surface area is 141 Å².